The van der Waals surface area contributed by atoms with Gasteiger partial charge in [0, 0.05) is 19.1 Å². The maximum absolute atomic E-state index is 5.30. The molecule has 1 aromatic rings. The van der Waals surface area contributed by atoms with Gasteiger partial charge in [-0.05, 0) is 26.0 Å². The molecule has 0 bridgehead atoms. The first-order valence-corrected chi connectivity index (χ1v) is 5.68. The monoisotopic (exact) mass is 222 g/mol. The van der Waals surface area contributed by atoms with Crippen molar-refractivity contribution >= 4 is 11.6 Å². The summed E-state index contributed by atoms with van der Waals surface area (Å²) in [6.45, 7) is 7.49. The van der Waals surface area contributed by atoms with E-state index in [0.29, 0.717) is 6.04 Å². The highest BCUT2D eigenvalue weighted by atomic mass is 16.5. The zero-order valence-electron chi connectivity index (χ0n) is 9.81. The molecule has 1 saturated heterocycles. The Labute approximate surface area is 95.8 Å². The third-order valence-electron chi connectivity index (χ3n) is 2.42. The lowest BCUT2D eigenvalue weighted by Crippen LogP contribution is -2.36. The summed E-state index contributed by atoms with van der Waals surface area (Å²) in [4.78, 5) is 2.19. The van der Waals surface area contributed by atoms with Crippen molar-refractivity contribution in [3.63, 3.8) is 0 Å². The lowest BCUT2D eigenvalue weighted by atomic mass is 10.3. The molecule has 1 aliphatic rings. The van der Waals surface area contributed by atoms with Crippen molar-refractivity contribution in [2.75, 3.05) is 36.5 Å². The summed E-state index contributed by atoms with van der Waals surface area (Å²) in [5, 5.41) is 11.6. The highest BCUT2D eigenvalue weighted by molar-refractivity contribution is 5.43. The van der Waals surface area contributed by atoms with Crippen LogP contribution in [-0.2, 0) is 4.74 Å². The molecule has 0 atom stereocenters. The third-order valence-corrected chi connectivity index (χ3v) is 2.42. The van der Waals surface area contributed by atoms with Crippen LogP contribution in [0, 0.1) is 0 Å². The van der Waals surface area contributed by atoms with E-state index in [1.54, 1.807) is 0 Å². The van der Waals surface area contributed by atoms with Crippen LogP contribution in [0.4, 0.5) is 11.6 Å². The molecule has 1 aliphatic heterocycles. The minimum Gasteiger partial charge on any atom is -0.378 e. The molecule has 2 heterocycles. The normalized spacial score (nSPS) is 16.6. The molecule has 0 aliphatic carbocycles. The molecule has 0 saturated carbocycles. The van der Waals surface area contributed by atoms with Crippen molar-refractivity contribution in [3.8, 4) is 0 Å². The number of hydrogen-bond donors (Lipinski definition) is 1. The van der Waals surface area contributed by atoms with Gasteiger partial charge < -0.3 is 15.0 Å². The van der Waals surface area contributed by atoms with Crippen LogP contribution in [0.25, 0.3) is 0 Å². The van der Waals surface area contributed by atoms with Crippen LogP contribution in [0.3, 0.4) is 0 Å². The summed E-state index contributed by atoms with van der Waals surface area (Å²) in [6, 6.07) is 4.35. The molecule has 2 rings (SSSR count). The van der Waals surface area contributed by atoms with Gasteiger partial charge in [-0.15, -0.1) is 10.2 Å². The van der Waals surface area contributed by atoms with Gasteiger partial charge >= 0.3 is 0 Å². The van der Waals surface area contributed by atoms with Crippen molar-refractivity contribution in [1.82, 2.24) is 10.2 Å². The summed E-state index contributed by atoms with van der Waals surface area (Å²) in [7, 11) is 0. The van der Waals surface area contributed by atoms with Crippen LogP contribution in [0.1, 0.15) is 13.8 Å². The van der Waals surface area contributed by atoms with Crippen LogP contribution in [0.2, 0.25) is 0 Å². The van der Waals surface area contributed by atoms with Crippen LogP contribution in [0.5, 0.6) is 0 Å². The van der Waals surface area contributed by atoms with Gasteiger partial charge in [-0.1, -0.05) is 0 Å². The van der Waals surface area contributed by atoms with E-state index in [2.05, 4.69) is 34.3 Å². The minimum absolute atomic E-state index is 0.378. The van der Waals surface area contributed by atoms with E-state index in [0.717, 1.165) is 37.9 Å². The number of aromatic nitrogens is 2. The zero-order valence-corrected chi connectivity index (χ0v) is 9.81. The van der Waals surface area contributed by atoms with Crippen molar-refractivity contribution in [2.45, 2.75) is 19.9 Å². The Morgan fingerprint density at radius 3 is 2.56 bits per heavy atom. The zero-order chi connectivity index (χ0) is 11.4. The first-order valence-electron chi connectivity index (χ1n) is 5.68. The maximum Gasteiger partial charge on any atom is 0.151 e. The topological polar surface area (TPSA) is 50.3 Å². The van der Waals surface area contributed by atoms with Crippen molar-refractivity contribution < 1.29 is 4.74 Å². The van der Waals surface area contributed by atoms with Gasteiger partial charge in [0.05, 0.1) is 13.2 Å². The van der Waals surface area contributed by atoms with Crippen molar-refractivity contribution in [2.24, 2.45) is 0 Å². The average molecular weight is 222 g/mol. The largest absolute Gasteiger partial charge is 0.378 e. The smallest absolute Gasteiger partial charge is 0.151 e. The lowest BCUT2D eigenvalue weighted by molar-refractivity contribution is 0.122. The molecule has 0 amide bonds. The van der Waals surface area contributed by atoms with Crippen molar-refractivity contribution in [3.05, 3.63) is 12.1 Å². The second-order valence-corrected chi connectivity index (χ2v) is 4.18. The number of ether oxygens (including phenoxy) is 1. The van der Waals surface area contributed by atoms with Crippen LogP contribution in [-0.4, -0.2) is 42.5 Å². The van der Waals surface area contributed by atoms with E-state index < -0.39 is 0 Å². The number of morpholine rings is 1. The fourth-order valence-corrected chi connectivity index (χ4v) is 1.66. The van der Waals surface area contributed by atoms with Gasteiger partial charge in [-0.25, -0.2) is 0 Å². The average Bonchev–Trinajstić information content (AvgIpc) is 2.30. The molecule has 88 valence electrons. The highest BCUT2D eigenvalue weighted by Gasteiger charge is 2.12. The van der Waals surface area contributed by atoms with Gasteiger partial charge in [0.1, 0.15) is 5.82 Å². The van der Waals surface area contributed by atoms with E-state index in [9.17, 15) is 0 Å². The summed E-state index contributed by atoms with van der Waals surface area (Å²) in [5.41, 5.74) is 0. The molecule has 1 fully saturated rings. The summed E-state index contributed by atoms with van der Waals surface area (Å²) >= 11 is 0. The van der Waals surface area contributed by atoms with E-state index in [4.69, 9.17) is 4.74 Å². The Bertz CT molecular complexity index is 319. The summed E-state index contributed by atoms with van der Waals surface area (Å²) in [6.07, 6.45) is 0. The number of hydrogen-bond acceptors (Lipinski definition) is 5. The first-order chi connectivity index (χ1) is 7.75. The van der Waals surface area contributed by atoms with Crippen molar-refractivity contribution in [1.29, 1.82) is 0 Å². The molecule has 0 spiro atoms. The van der Waals surface area contributed by atoms with Crippen LogP contribution in [0.15, 0.2) is 12.1 Å². The van der Waals surface area contributed by atoms with Gasteiger partial charge in [0.15, 0.2) is 5.82 Å². The van der Waals surface area contributed by atoms with Gasteiger partial charge in [0.2, 0.25) is 0 Å². The lowest BCUT2D eigenvalue weighted by Gasteiger charge is -2.27. The molecule has 0 unspecified atom stereocenters. The van der Waals surface area contributed by atoms with Gasteiger partial charge in [-0.3, -0.25) is 0 Å². The maximum atomic E-state index is 5.30. The Morgan fingerprint density at radius 2 is 2.00 bits per heavy atom. The Morgan fingerprint density at radius 1 is 1.25 bits per heavy atom. The predicted molar refractivity (Wildman–Crippen MR) is 63.8 cm³/mol. The summed E-state index contributed by atoms with van der Waals surface area (Å²) in [5.74, 6) is 1.75. The third kappa shape index (κ3) is 2.82. The molecule has 5 heteroatoms. The van der Waals surface area contributed by atoms with Crippen LogP contribution < -0.4 is 10.2 Å². The number of rotatable bonds is 3. The Kier molecular flexibility index (Phi) is 3.56. The highest BCUT2D eigenvalue weighted by Crippen LogP contribution is 2.13. The molecular weight excluding hydrogens is 204 g/mol. The number of anilines is 2. The summed E-state index contributed by atoms with van der Waals surface area (Å²) < 4.78 is 5.30. The second kappa shape index (κ2) is 5.12. The molecular formula is C11H18N4O. The molecule has 1 aromatic heterocycles. The molecule has 0 aromatic carbocycles. The van der Waals surface area contributed by atoms with Gasteiger partial charge in [0.25, 0.3) is 0 Å². The minimum atomic E-state index is 0.378. The number of nitrogens with one attached hydrogen (secondary N) is 1. The standard InChI is InChI=1S/C11H18N4O/c1-9(2)12-10-3-4-11(14-13-10)15-5-7-16-8-6-15/h3-4,9H,5-8H2,1-2H3,(H,12,13). The fraction of sp³-hybridized carbons (Fsp3) is 0.636. The Balaban J connectivity index is 2.00. The van der Waals surface area contributed by atoms with Crippen LogP contribution >= 0.6 is 0 Å². The molecule has 1 N–H and O–H groups in total. The van der Waals surface area contributed by atoms with Gasteiger partial charge in [-0.2, -0.15) is 0 Å². The molecule has 16 heavy (non-hydrogen) atoms. The predicted octanol–water partition coefficient (Wildman–Crippen LogP) is 1.13. The molecule has 0 radical (unpaired) electrons. The van der Waals surface area contributed by atoms with E-state index >= 15 is 0 Å². The SMILES string of the molecule is CC(C)Nc1ccc(N2CCOCC2)nn1. The quantitative estimate of drug-likeness (QED) is 0.831. The fourth-order valence-electron chi connectivity index (χ4n) is 1.66. The number of nitrogens with zero attached hydrogens (tertiary/aromatic N) is 3. The van der Waals surface area contributed by atoms with E-state index in [1.807, 2.05) is 12.1 Å². The first kappa shape index (κ1) is 11.1. The van der Waals surface area contributed by atoms with E-state index in [-0.39, 0.29) is 0 Å². The second-order valence-electron chi connectivity index (χ2n) is 4.18. The Hall–Kier alpha value is -1.36. The molecule has 5 nitrogen and oxygen atoms in total. The van der Waals surface area contributed by atoms with E-state index in [1.165, 1.54) is 0 Å².